The van der Waals surface area contributed by atoms with Gasteiger partial charge in [0.1, 0.15) is 0 Å². The minimum Gasteiger partial charge on any atom is -0.248 e. The molecular formula is C20H23N. The van der Waals surface area contributed by atoms with Crippen molar-refractivity contribution in [1.82, 2.24) is 4.98 Å². The Morgan fingerprint density at radius 2 is 1.43 bits per heavy atom. The van der Waals surface area contributed by atoms with Gasteiger partial charge in [0.25, 0.3) is 0 Å². The summed E-state index contributed by atoms with van der Waals surface area (Å²) < 4.78 is 0. The fraction of sp³-hybridized carbons (Fsp3) is 0.350. The Bertz CT molecular complexity index is 807. The van der Waals surface area contributed by atoms with Crippen molar-refractivity contribution < 1.29 is 0 Å². The van der Waals surface area contributed by atoms with Gasteiger partial charge < -0.3 is 0 Å². The second kappa shape index (κ2) is 4.84. The molecule has 0 aliphatic heterocycles. The van der Waals surface area contributed by atoms with Crippen molar-refractivity contribution in [2.45, 2.75) is 46.0 Å². The fourth-order valence-electron chi connectivity index (χ4n) is 2.67. The van der Waals surface area contributed by atoms with E-state index in [1.807, 2.05) is 0 Å². The number of nitrogens with zero attached hydrogens (tertiary/aromatic N) is 1. The lowest BCUT2D eigenvalue weighted by molar-refractivity contribution is 0.591. The van der Waals surface area contributed by atoms with Crippen molar-refractivity contribution in [3.8, 4) is 0 Å². The monoisotopic (exact) mass is 277 g/mol. The molecule has 3 rings (SSSR count). The molecule has 0 bridgehead atoms. The van der Waals surface area contributed by atoms with Crippen LogP contribution in [-0.2, 0) is 5.41 Å². The highest BCUT2D eigenvalue weighted by molar-refractivity contribution is 5.93. The lowest BCUT2D eigenvalue weighted by Crippen LogP contribution is -2.10. The maximum absolute atomic E-state index is 4.89. The number of hydrogen-bond acceptors (Lipinski definition) is 1. The zero-order valence-corrected chi connectivity index (χ0v) is 13.6. The molecule has 0 aliphatic carbocycles. The zero-order chi connectivity index (χ0) is 15.2. The summed E-state index contributed by atoms with van der Waals surface area (Å²) in [4.78, 5) is 4.89. The Labute approximate surface area is 127 Å². The third-order valence-electron chi connectivity index (χ3n) is 4.17. The molecular weight excluding hydrogens is 254 g/mol. The van der Waals surface area contributed by atoms with Crippen LogP contribution in [-0.4, -0.2) is 4.98 Å². The summed E-state index contributed by atoms with van der Waals surface area (Å²) in [7, 11) is 0. The van der Waals surface area contributed by atoms with E-state index in [9.17, 15) is 0 Å². The molecule has 21 heavy (non-hydrogen) atoms. The van der Waals surface area contributed by atoms with Crippen LogP contribution in [0.15, 0.2) is 42.5 Å². The molecule has 0 atom stereocenters. The van der Waals surface area contributed by atoms with Crippen molar-refractivity contribution in [3.63, 3.8) is 0 Å². The summed E-state index contributed by atoms with van der Waals surface area (Å²) >= 11 is 0. The number of rotatable bonds is 1. The van der Waals surface area contributed by atoms with E-state index in [-0.39, 0.29) is 5.41 Å². The molecule has 0 spiro atoms. The van der Waals surface area contributed by atoms with Crippen molar-refractivity contribution in [3.05, 3.63) is 53.6 Å². The maximum atomic E-state index is 4.89. The largest absolute Gasteiger partial charge is 0.248 e. The SMILES string of the molecule is CC(C)c1ccc2cc3ccc(C(C)(C)C)cc3nc2c1. The van der Waals surface area contributed by atoms with E-state index in [0.717, 1.165) is 11.0 Å². The highest BCUT2D eigenvalue weighted by atomic mass is 14.7. The highest BCUT2D eigenvalue weighted by Gasteiger charge is 2.14. The number of benzene rings is 2. The maximum Gasteiger partial charge on any atom is 0.0712 e. The second-order valence-corrected chi connectivity index (χ2v) is 7.25. The van der Waals surface area contributed by atoms with Crippen LogP contribution in [0.4, 0.5) is 0 Å². The molecule has 108 valence electrons. The van der Waals surface area contributed by atoms with Crippen LogP contribution >= 0.6 is 0 Å². The first-order chi connectivity index (χ1) is 9.84. The quantitative estimate of drug-likeness (QED) is 0.511. The van der Waals surface area contributed by atoms with Crippen molar-refractivity contribution in [2.75, 3.05) is 0 Å². The van der Waals surface area contributed by atoms with Gasteiger partial charge in [-0.3, -0.25) is 0 Å². The summed E-state index contributed by atoms with van der Waals surface area (Å²) in [5.74, 6) is 0.535. The molecule has 0 saturated heterocycles. The lowest BCUT2D eigenvalue weighted by atomic mass is 9.86. The first kappa shape index (κ1) is 14.1. The van der Waals surface area contributed by atoms with Crippen LogP contribution in [0, 0.1) is 0 Å². The van der Waals surface area contributed by atoms with E-state index in [2.05, 4.69) is 77.1 Å². The van der Waals surface area contributed by atoms with Gasteiger partial charge >= 0.3 is 0 Å². The van der Waals surface area contributed by atoms with E-state index in [0.29, 0.717) is 5.92 Å². The molecule has 0 N–H and O–H groups in total. The van der Waals surface area contributed by atoms with Gasteiger partial charge in [0.15, 0.2) is 0 Å². The first-order valence-electron chi connectivity index (χ1n) is 7.69. The van der Waals surface area contributed by atoms with Gasteiger partial charge in [-0.2, -0.15) is 0 Å². The van der Waals surface area contributed by atoms with Crippen LogP contribution < -0.4 is 0 Å². The first-order valence-corrected chi connectivity index (χ1v) is 7.69. The van der Waals surface area contributed by atoms with E-state index in [4.69, 9.17) is 4.98 Å². The summed E-state index contributed by atoms with van der Waals surface area (Å²) in [5, 5.41) is 2.43. The molecule has 0 fully saturated rings. The molecule has 0 unspecified atom stereocenters. The molecule has 0 radical (unpaired) electrons. The fourth-order valence-corrected chi connectivity index (χ4v) is 2.67. The van der Waals surface area contributed by atoms with Gasteiger partial charge in [-0.1, -0.05) is 58.9 Å². The van der Waals surface area contributed by atoms with Crippen LogP contribution in [0.5, 0.6) is 0 Å². The number of aromatic nitrogens is 1. The normalized spacial score (nSPS) is 12.5. The molecule has 1 nitrogen and oxygen atoms in total. The summed E-state index contributed by atoms with van der Waals surface area (Å²) in [6.45, 7) is 11.2. The Kier molecular flexibility index (Phi) is 3.24. The number of pyridine rings is 1. The van der Waals surface area contributed by atoms with Crippen molar-refractivity contribution >= 4 is 21.8 Å². The van der Waals surface area contributed by atoms with E-state index in [1.54, 1.807) is 0 Å². The van der Waals surface area contributed by atoms with Gasteiger partial charge in [0, 0.05) is 10.8 Å². The molecule has 0 saturated carbocycles. The summed E-state index contributed by atoms with van der Waals surface area (Å²) in [5.41, 5.74) is 5.03. The zero-order valence-electron chi connectivity index (χ0n) is 13.6. The van der Waals surface area contributed by atoms with Crippen molar-refractivity contribution in [1.29, 1.82) is 0 Å². The summed E-state index contributed by atoms with van der Waals surface area (Å²) in [6, 6.07) is 15.5. The topological polar surface area (TPSA) is 12.9 Å². The molecule has 0 amide bonds. The predicted octanol–water partition coefficient (Wildman–Crippen LogP) is 5.81. The number of fused-ring (bicyclic) bond motifs is 2. The Morgan fingerprint density at radius 1 is 0.810 bits per heavy atom. The van der Waals surface area contributed by atoms with Gasteiger partial charge in [-0.15, -0.1) is 0 Å². The Balaban J connectivity index is 2.24. The van der Waals surface area contributed by atoms with Gasteiger partial charge in [-0.05, 0) is 40.7 Å². The molecule has 1 heterocycles. The molecule has 1 aromatic heterocycles. The Hall–Kier alpha value is -1.89. The third kappa shape index (κ3) is 2.65. The average Bonchev–Trinajstić information content (AvgIpc) is 2.42. The molecule has 0 aliphatic rings. The van der Waals surface area contributed by atoms with Gasteiger partial charge in [-0.25, -0.2) is 4.98 Å². The third-order valence-corrected chi connectivity index (χ3v) is 4.17. The predicted molar refractivity (Wildman–Crippen MR) is 92.0 cm³/mol. The van der Waals surface area contributed by atoms with Gasteiger partial charge in [0.2, 0.25) is 0 Å². The summed E-state index contributed by atoms with van der Waals surface area (Å²) in [6.07, 6.45) is 0. The molecule has 3 aromatic rings. The van der Waals surface area contributed by atoms with E-state index in [1.165, 1.54) is 21.9 Å². The van der Waals surface area contributed by atoms with Crippen LogP contribution in [0.25, 0.3) is 21.8 Å². The minimum atomic E-state index is 0.157. The number of hydrogen-bond donors (Lipinski definition) is 0. The standard InChI is InChI=1S/C20H23N/c1-13(2)14-6-7-15-10-16-8-9-17(20(3,4)5)12-19(16)21-18(15)11-14/h6-13H,1-5H3. The molecule has 1 heteroatoms. The van der Waals surface area contributed by atoms with Crippen LogP contribution in [0.1, 0.15) is 51.7 Å². The van der Waals surface area contributed by atoms with Crippen LogP contribution in [0.2, 0.25) is 0 Å². The van der Waals surface area contributed by atoms with Crippen molar-refractivity contribution in [2.24, 2.45) is 0 Å². The Morgan fingerprint density at radius 3 is 2.05 bits per heavy atom. The van der Waals surface area contributed by atoms with Gasteiger partial charge in [0.05, 0.1) is 11.0 Å². The second-order valence-electron chi connectivity index (χ2n) is 7.25. The average molecular weight is 277 g/mol. The van der Waals surface area contributed by atoms with E-state index < -0.39 is 0 Å². The smallest absolute Gasteiger partial charge is 0.0712 e. The minimum absolute atomic E-state index is 0.157. The molecule has 2 aromatic carbocycles. The van der Waals surface area contributed by atoms with E-state index >= 15 is 0 Å². The lowest BCUT2D eigenvalue weighted by Gasteiger charge is -2.19. The highest BCUT2D eigenvalue weighted by Crippen LogP contribution is 2.28. The van der Waals surface area contributed by atoms with Crippen LogP contribution in [0.3, 0.4) is 0 Å².